The predicted octanol–water partition coefficient (Wildman–Crippen LogP) is 1.80. The molecule has 3 N–H and O–H groups in total. The highest BCUT2D eigenvalue weighted by Gasteiger charge is 2.48. The normalized spacial score (nSPS) is 19.7. The number of para-hydroxylation sites is 2. The number of hydrogen-bond acceptors (Lipinski definition) is 2. The standard InChI is InChI=1S/C11H19N5O.BF4/c1-12-11(13-2)17-16(4)10-8-6-5-7-9(10)15(3)14-16;2-1(3,4)5/h5-8,12-14H,1-4H3;/q+2;-1. The third-order valence-corrected chi connectivity index (χ3v) is 2.77. The lowest BCUT2D eigenvalue weighted by Gasteiger charge is -2.10. The molecule has 2 rings (SSSR count). The molecular formula is C11H19BF4N5O+. The molecule has 1 aromatic carbocycles. The first kappa shape index (κ1) is 18.0. The summed E-state index contributed by atoms with van der Waals surface area (Å²) < 4.78 is 45.0. The Hall–Kier alpha value is -2.01. The van der Waals surface area contributed by atoms with Crippen LogP contribution in [0.25, 0.3) is 0 Å². The summed E-state index contributed by atoms with van der Waals surface area (Å²) in [6.45, 7) is 0. The van der Waals surface area contributed by atoms with E-state index >= 15 is 0 Å². The molecule has 0 fully saturated rings. The Morgan fingerprint density at radius 1 is 1.18 bits per heavy atom. The smallest absolute Gasteiger partial charge is 0.418 e. The molecule has 0 radical (unpaired) electrons. The summed E-state index contributed by atoms with van der Waals surface area (Å²) in [4.78, 5) is 0. The Bertz CT molecular complexity index is 529. The summed E-state index contributed by atoms with van der Waals surface area (Å²) in [5, 5.41) is 7.86. The van der Waals surface area contributed by atoms with Gasteiger partial charge in [-0.1, -0.05) is 12.1 Å². The van der Waals surface area contributed by atoms with E-state index in [0.29, 0.717) is 6.03 Å². The van der Waals surface area contributed by atoms with Crippen molar-refractivity contribution in [1.29, 1.82) is 0 Å². The number of benzene rings is 1. The van der Waals surface area contributed by atoms with Crippen LogP contribution in [0.3, 0.4) is 0 Å². The van der Waals surface area contributed by atoms with Crippen molar-refractivity contribution >= 4 is 24.7 Å². The first-order valence-electron chi connectivity index (χ1n) is 6.38. The van der Waals surface area contributed by atoms with Crippen molar-refractivity contribution in [2.75, 3.05) is 33.2 Å². The van der Waals surface area contributed by atoms with Crippen LogP contribution in [0.4, 0.5) is 33.2 Å². The summed E-state index contributed by atoms with van der Waals surface area (Å²) in [6, 6.07) is 8.69. The molecule has 0 aromatic heterocycles. The number of anilines is 1. The first-order valence-corrected chi connectivity index (χ1v) is 6.38. The predicted molar refractivity (Wildman–Crippen MR) is 79.4 cm³/mol. The van der Waals surface area contributed by atoms with Gasteiger partial charge in [0, 0.05) is 37.3 Å². The third-order valence-electron chi connectivity index (χ3n) is 2.77. The number of hydrazine groups is 1. The summed E-state index contributed by atoms with van der Waals surface area (Å²) in [5.74, 6) is 0. The Morgan fingerprint density at radius 2 is 1.68 bits per heavy atom. The molecule has 124 valence electrons. The molecule has 1 unspecified atom stereocenters. The largest absolute Gasteiger partial charge is 0.673 e. The molecule has 0 saturated carbocycles. The number of nitrogens with zero attached hydrogens (tertiary/aromatic N) is 2. The van der Waals surface area contributed by atoms with Crippen molar-refractivity contribution in [1.82, 2.24) is 20.9 Å². The van der Waals surface area contributed by atoms with E-state index in [0.717, 1.165) is 11.4 Å². The van der Waals surface area contributed by atoms with E-state index < -0.39 is 7.25 Å². The van der Waals surface area contributed by atoms with Gasteiger partial charge in [-0.2, -0.15) is 0 Å². The van der Waals surface area contributed by atoms with Gasteiger partial charge in [0.05, 0.1) is 0 Å². The summed E-state index contributed by atoms with van der Waals surface area (Å²) in [5.41, 5.74) is 5.39. The van der Waals surface area contributed by atoms with E-state index in [-0.39, 0.29) is 4.76 Å². The summed E-state index contributed by atoms with van der Waals surface area (Å²) >= 11 is 0. The van der Waals surface area contributed by atoms with E-state index in [1.54, 1.807) is 0 Å². The Labute approximate surface area is 126 Å². The number of carbonyl (C=O) groups excluding carboxylic acids is 1. The Kier molecular flexibility index (Phi) is 5.61. The van der Waals surface area contributed by atoms with Crippen molar-refractivity contribution in [3.63, 3.8) is 0 Å². The van der Waals surface area contributed by atoms with E-state index in [4.69, 9.17) is 4.53 Å². The van der Waals surface area contributed by atoms with Crippen LogP contribution in [0.5, 0.6) is 0 Å². The summed E-state index contributed by atoms with van der Waals surface area (Å²) in [6.07, 6.45) is 0. The average Bonchev–Trinajstić information content (AvgIpc) is 2.67. The minimum absolute atomic E-state index is 0.156. The van der Waals surface area contributed by atoms with Crippen LogP contribution in [-0.4, -0.2) is 41.5 Å². The molecule has 0 saturated heterocycles. The molecule has 22 heavy (non-hydrogen) atoms. The lowest BCUT2D eigenvalue weighted by Crippen LogP contribution is -2.53. The molecule has 0 spiro atoms. The minimum atomic E-state index is -6.00. The third kappa shape index (κ3) is 4.77. The van der Waals surface area contributed by atoms with Gasteiger partial charge >= 0.3 is 13.3 Å². The molecule has 2 amide bonds. The highest BCUT2D eigenvalue weighted by Crippen LogP contribution is 2.37. The SMILES string of the molecule is CNC(NC)=[O+][N+]1(C)NN(C)c2ccccc21.F[B-](F)(F)F. The number of rotatable bonds is 1. The Balaban J connectivity index is 0.000000422. The number of nitrogens with one attached hydrogen (secondary N) is 3. The van der Waals surface area contributed by atoms with E-state index in [1.165, 1.54) is 0 Å². The van der Waals surface area contributed by atoms with Crippen LogP contribution in [0.2, 0.25) is 0 Å². The number of urea groups is 1. The lowest BCUT2D eigenvalue weighted by atomic mass is 10.2. The van der Waals surface area contributed by atoms with Crippen molar-refractivity contribution in [3.05, 3.63) is 24.3 Å². The van der Waals surface area contributed by atoms with Gasteiger partial charge in [-0.3, -0.25) is 15.6 Å². The quantitative estimate of drug-likeness (QED) is 0.319. The molecule has 1 atom stereocenters. The molecule has 0 bridgehead atoms. The lowest BCUT2D eigenvalue weighted by molar-refractivity contribution is -0.383. The zero-order valence-electron chi connectivity index (χ0n) is 12.7. The van der Waals surface area contributed by atoms with Gasteiger partial charge in [0.25, 0.3) is 5.69 Å². The van der Waals surface area contributed by atoms with Crippen molar-refractivity contribution in [3.8, 4) is 0 Å². The number of fused-ring (bicyclic) bond motifs is 1. The van der Waals surface area contributed by atoms with E-state index in [9.17, 15) is 17.3 Å². The van der Waals surface area contributed by atoms with Gasteiger partial charge in [0.1, 0.15) is 10.4 Å². The Morgan fingerprint density at radius 3 is 2.18 bits per heavy atom. The van der Waals surface area contributed by atoms with Gasteiger partial charge < -0.3 is 17.3 Å². The topological polar surface area (TPSA) is 50.6 Å². The molecule has 0 aliphatic carbocycles. The monoisotopic (exact) mass is 324 g/mol. The van der Waals surface area contributed by atoms with E-state index in [1.807, 2.05) is 57.5 Å². The highest BCUT2D eigenvalue weighted by atomic mass is 19.5. The zero-order valence-corrected chi connectivity index (χ0v) is 12.7. The maximum atomic E-state index is 9.75. The zero-order chi connectivity index (χ0) is 17.0. The molecule has 6 nitrogen and oxygen atoms in total. The molecule has 1 aliphatic heterocycles. The van der Waals surface area contributed by atoms with Crippen LogP contribution >= 0.6 is 0 Å². The second-order valence-corrected chi connectivity index (χ2v) is 4.49. The fourth-order valence-electron chi connectivity index (χ4n) is 1.97. The number of hydrogen-bond donors (Lipinski definition) is 3. The number of quaternary nitrogens is 1. The van der Waals surface area contributed by atoms with Gasteiger partial charge in [-0.25, -0.2) is 0 Å². The summed E-state index contributed by atoms with van der Waals surface area (Å²) in [7, 11) is 1.52. The van der Waals surface area contributed by atoms with Gasteiger partial charge in [-0.15, -0.1) is 0 Å². The minimum Gasteiger partial charge on any atom is -0.418 e. The van der Waals surface area contributed by atoms with Gasteiger partial charge in [-0.05, 0) is 6.07 Å². The van der Waals surface area contributed by atoms with E-state index in [2.05, 4.69) is 16.2 Å². The fraction of sp³-hybridized carbons (Fsp3) is 0.364. The number of halogens is 4. The van der Waals surface area contributed by atoms with Crippen molar-refractivity contribution < 1.29 is 21.8 Å². The van der Waals surface area contributed by atoms with Crippen LogP contribution < -0.4 is 25.9 Å². The van der Waals surface area contributed by atoms with Gasteiger partial charge in [0.2, 0.25) is 0 Å². The van der Waals surface area contributed by atoms with Crippen LogP contribution in [0, 0.1) is 0 Å². The number of amides is 2. The van der Waals surface area contributed by atoms with Gasteiger partial charge in [0.15, 0.2) is 7.05 Å². The number of hydroxylamine groups is 1. The molecule has 1 heterocycles. The molecule has 11 heteroatoms. The second kappa shape index (κ2) is 6.84. The molecule has 1 aliphatic rings. The highest BCUT2D eigenvalue weighted by molar-refractivity contribution is 6.50. The van der Waals surface area contributed by atoms with Crippen molar-refractivity contribution in [2.24, 2.45) is 0 Å². The molecular weight excluding hydrogens is 305 g/mol. The van der Waals surface area contributed by atoms with Crippen molar-refractivity contribution in [2.45, 2.75) is 0 Å². The maximum Gasteiger partial charge on any atom is 0.673 e. The second-order valence-electron chi connectivity index (χ2n) is 4.49. The van der Waals surface area contributed by atoms with Crippen LogP contribution in [0.1, 0.15) is 0 Å². The maximum absolute atomic E-state index is 9.75. The van der Waals surface area contributed by atoms with Crippen LogP contribution in [0.15, 0.2) is 24.3 Å². The molecule has 1 aromatic rings. The fourth-order valence-corrected chi connectivity index (χ4v) is 1.97. The van der Waals surface area contributed by atoms with Crippen LogP contribution in [-0.2, 0) is 0 Å². The first-order chi connectivity index (χ1) is 10.1. The average molecular weight is 324 g/mol.